The van der Waals surface area contributed by atoms with E-state index in [2.05, 4.69) is 267 Å². The van der Waals surface area contributed by atoms with Gasteiger partial charge in [-0.15, -0.1) is 0 Å². The van der Waals surface area contributed by atoms with Crippen LogP contribution in [0, 0.1) is 41.5 Å². The average molecular weight is 1080 g/mol. The summed E-state index contributed by atoms with van der Waals surface area (Å²) in [6.07, 6.45) is 0. The number of hydrogen-bond acceptors (Lipinski definition) is 3. The Labute approximate surface area is 396 Å². The van der Waals surface area contributed by atoms with Gasteiger partial charge in [-0.3, -0.25) is 0 Å². The monoisotopic (exact) mass is 1080 g/mol. The normalized spacial score (nSPS) is 11.3. The van der Waals surface area contributed by atoms with E-state index in [1.807, 2.05) is 0 Å². The van der Waals surface area contributed by atoms with Gasteiger partial charge in [0.25, 0.3) is 0 Å². The van der Waals surface area contributed by atoms with Crippen LogP contribution in [0.25, 0.3) is 66.8 Å². The van der Waals surface area contributed by atoms with Crippen LogP contribution in [0.15, 0.2) is 215 Å². The van der Waals surface area contributed by atoms with Crippen LogP contribution in [0.2, 0.25) is 0 Å². The Hall–Kier alpha value is -5.09. The Morgan fingerprint density at radius 3 is 0.578 bits per heavy atom. The summed E-state index contributed by atoms with van der Waals surface area (Å²) in [5, 5.41) is 0. The van der Waals surface area contributed by atoms with E-state index < -0.39 is 17.4 Å². The van der Waals surface area contributed by atoms with Gasteiger partial charge < -0.3 is 0 Å². The molecule has 9 aromatic rings. The first kappa shape index (κ1) is 44.1. The molecular weight excluding hydrogens is 1030 g/mol. The van der Waals surface area contributed by atoms with Crippen LogP contribution in [0.1, 0.15) is 33.4 Å². The van der Waals surface area contributed by atoms with Crippen LogP contribution in [-0.4, -0.2) is 17.4 Å². The predicted octanol–water partition coefficient (Wildman–Crippen LogP) is 18.2. The van der Waals surface area contributed by atoms with E-state index in [1.165, 1.54) is 115 Å². The van der Waals surface area contributed by atoms with E-state index in [9.17, 15) is 0 Å². The average Bonchev–Trinajstić information content (AvgIpc) is 3.29. The summed E-state index contributed by atoms with van der Waals surface area (Å²) >= 11 is -3.13. The zero-order chi connectivity index (χ0) is 44.2. The minimum absolute atomic E-state index is 1.26. The molecule has 0 N–H and O–H groups in total. The first-order valence-electron chi connectivity index (χ1n) is 21.8. The van der Waals surface area contributed by atoms with Crippen LogP contribution >= 0.6 is 25.6 Å². The number of benzene rings is 9. The van der Waals surface area contributed by atoms with Crippen LogP contribution in [0.5, 0.6) is 0 Å². The molecule has 4 heteroatoms. The molecule has 64 heavy (non-hydrogen) atoms. The van der Waals surface area contributed by atoms with Crippen LogP contribution in [0.4, 0.5) is 0 Å². The van der Waals surface area contributed by atoms with Crippen molar-refractivity contribution in [3.05, 3.63) is 234 Å². The predicted molar refractivity (Wildman–Crippen MR) is 284 cm³/mol. The molecule has 0 amide bonds. The van der Waals surface area contributed by atoms with E-state index in [-0.39, 0.29) is 0 Å². The Kier molecular flexibility index (Phi) is 13.8. The van der Waals surface area contributed by atoms with Crippen molar-refractivity contribution < 1.29 is 0 Å². The zero-order valence-corrected chi connectivity index (χ0v) is 43.2. The molecule has 0 aliphatic rings. The molecular formula is C60H51BiS3. The van der Waals surface area contributed by atoms with Gasteiger partial charge in [0.05, 0.1) is 0 Å². The maximum absolute atomic E-state index is 3.13. The molecule has 0 aliphatic carbocycles. The van der Waals surface area contributed by atoms with Crippen molar-refractivity contribution in [2.24, 2.45) is 0 Å². The van der Waals surface area contributed by atoms with Crippen molar-refractivity contribution in [2.75, 3.05) is 0 Å². The zero-order valence-electron chi connectivity index (χ0n) is 37.2. The molecule has 9 aromatic carbocycles. The van der Waals surface area contributed by atoms with Gasteiger partial charge in [0, 0.05) is 0 Å². The second-order valence-electron chi connectivity index (χ2n) is 16.8. The minimum atomic E-state index is -3.13. The molecule has 0 spiro atoms. The Bertz CT molecular complexity index is 2600. The summed E-state index contributed by atoms with van der Waals surface area (Å²) in [6.45, 7) is 13.2. The summed E-state index contributed by atoms with van der Waals surface area (Å²) in [7, 11) is 6.57. The molecule has 0 nitrogen and oxygen atoms in total. The van der Waals surface area contributed by atoms with Crippen LogP contribution in [0.3, 0.4) is 0 Å². The Balaban J connectivity index is 1.32. The van der Waals surface area contributed by atoms with Crippen molar-refractivity contribution in [3.8, 4) is 66.8 Å². The second kappa shape index (κ2) is 20.0. The van der Waals surface area contributed by atoms with Crippen molar-refractivity contribution in [2.45, 2.75) is 56.2 Å². The fraction of sp³-hybridized carbons (Fsp3) is 0.100. The van der Waals surface area contributed by atoms with E-state index in [0.717, 1.165) is 0 Å². The fourth-order valence-electron chi connectivity index (χ4n) is 8.43. The molecule has 0 saturated heterocycles. The maximum atomic E-state index is 2.36. The summed E-state index contributed by atoms with van der Waals surface area (Å²) < 4.78 is 0. The summed E-state index contributed by atoms with van der Waals surface area (Å²) in [4.78, 5) is 4.10. The topological polar surface area (TPSA) is 0 Å². The van der Waals surface area contributed by atoms with Gasteiger partial charge in [0.1, 0.15) is 0 Å². The molecule has 0 heterocycles. The molecule has 0 atom stereocenters. The van der Waals surface area contributed by atoms with Gasteiger partial charge in [-0.2, -0.15) is 0 Å². The molecule has 0 aliphatic heterocycles. The van der Waals surface area contributed by atoms with Crippen molar-refractivity contribution in [1.82, 2.24) is 0 Å². The van der Waals surface area contributed by atoms with Gasteiger partial charge in [-0.25, -0.2) is 0 Å². The molecule has 0 aromatic heterocycles. The van der Waals surface area contributed by atoms with Gasteiger partial charge >= 0.3 is 399 Å². The fourth-order valence-corrected chi connectivity index (χ4v) is 38.8. The molecule has 0 bridgehead atoms. The third-order valence-corrected chi connectivity index (χ3v) is 37.2. The van der Waals surface area contributed by atoms with E-state index in [0.29, 0.717) is 0 Å². The molecule has 9 rings (SSSR count). The van der Waals surface area contributed by atoms with E-state index in [1.54, 1.807) is 0 Å². The summed E-state index contributed by atoms with van der Waals surface area (Å²) in [6, 6.07) is 75.3. The quantitative estimate of drug-likeness (QED) is 0.112. The van der Waals surface area contributed by atoms with Crippen LogP contribution < -0.4 is 0 Å². The van der Waals surface area contributed by atoms with Crippen molar-refractivity contribution >= 4 is 42.9 Å². The SMILES string of the molecule is Cc1cccc(-c2cccc(-c3cccc(C)c3)c2[S][Bi]([S]c2c(-c3cccc(C)c3)cccc2-c2cccc(C)c2)[S]c2c(-c3cccc(C)c3)cccc2-c2cccc(C)c2)c1. The van der Waals surface area contributed by atoms with E-state index in [4.69, 9.17) is 0 Å². The first-order chi connectivity index (χ1) is 31.2. The van der Waals surface area contributed by atoms with Crippen LogP contribution in [-0.2, 0) is 0 Å². The summed E-state index contributed by atoms with van der Waals surface area (Å²) in [5.74, 6) is 0. The number of aryl methyl sites for hydroxylation is 6. The second-order valence-corrected chi connectivity index (χ2v) is 42.4. The Morgan fingerprint density at radius 2 is 0.406 bits per heavy atom. The first-order valence-corrected chi connectivity index (χ1v) is 36.9. The standard InChI is InChI=1S/3C20H18S.Bi/c3*1-14-6-3-8-16(12-14)18-10-5-11-19(20(18)21)17-9-4-7-15(2)13-17;/h3*3-13,21H,1-2H3;/q;;;+3/p-3. The molecule has 0 radical (unpaired) electrons. The Morgan fingerprint density at radius 1 is 0.234 bits per heavy atom. The third-order valence-electron chi connectivity index (χ3n) is 11.5. The third kappa shape index (κ3) is 10.1. The molecule has 0 saturated carbocycles. The van der Waals surface area contributed by atoms with Crippen molar-refractivity contribution in [1.29, 1.82) is 0 Å². The van der Waals surface area contributed by atoms with Gasteiger partial charge in [-0.1, -0.05) is 0 Å². The van der Waals surface area contributed by atoms with Crippen molar-refractivity contribution in [3.63, 3.8) is 0 Å². The summed E-state index contributed by atoms with van der Waals surface area (Å²) in [5.41, 5.74) is 22.9. The van der Waals surface area contributed by atoms with Gasteiger partial charge in [-0.05, 0) is 0 Å². The van der Waals surface area contributed by atoms with E-state index >= 15 is 0 Å². The van der Waals surface area contributed by atoms with Gasteiger partial charge in [0.2, 0.25) is 0 Å². The number of rotatable bonds is 12. The number of hydrogen-bond donors (Lipinski definition) is 0. The molecule has 0 unspecified atom stereocenters. The van der Waals surface area contributed by atoms with Gasteiger partial charge in [0.15, 0.2) is 0 Å². The molecule has 0 fully saturated rings. The molecule has 314 valence electrons.